The van der Waals surface area contributed by atoms with Gasteiger partial charge in [-0.15, -0.1) is 0 Å². The molecule has 0 unspecified atom stereocenters. The van der Waals surface area contributed by atoms with Gasteiger partial charge in [-0.2, -0.15) is 9.78 Å². The van der Waals surface area contributed by atoms with E-state index in [1.165, 1.54) is 28.9 Å². The fourth-order valence-corrected chi connectivity index (χ4v) is 2.84. The lowest BCUT2D eigenvalue weighted by atomic mass is 10.2. The summed E-state index contributed by atoms with van der Waals surface area (Å²) in [6.45, 7) is 0. The number of rotatable bonds is 1. The number of aromatic nitrogens is 3. The molecule has 2 aromatic carbocycles. The molecule has 0 spiro atoms. The van der Waals surface area contributed by atoms with Gasteiger partial charge >= 0.3 is 0 Å². The molecule has 4 nitrogen and oxygen atoms in total. The highest BCUT2D eigenvalue weighted by Crippen LogP contribution is 2.29. The lowest BCUT2D eigenvalue weighted by Crippen LogP contribution is -2.20. The molecule has 0 bridgehead atoms. The standard InChI is InChI=1S/C16H9ClFN3O/c17-12-2-1-3-13-14(12)11-8-19-21(16(22)15(11)20-13)10-6-4-9(18)5-7-10/h1-8,20H. The first-order valence-electron chi connectivity index (χ1n) is 6.59. The molecule has 4 rings (SSSR count). The van der Waals surface area contributed by atoms with Gasteiger partial charge in [-0.1, -0.05) is 17.7 Å². The van der Waals surface area contributed by atoms with Crippen molar-refractivity contribution in [3.05, 3.63) is 69.9 Å². The predicted molar refractivity (Wildman–Crippen MR) is 84.2 cm³/mol. The van der Waals surface area contributed by atoms with E-state index < -0.39 is 0 Å². The van der Waals surface area contributed by atoms with Crippen molar-refractivity contribution in [3.63, 3.8) is 0 Å². The third kappa shape index (κ3) is 1.83. The van der Waals surface area contributed by atoms with Crippen molar-refractivity contribution >= 4 is 33.4 Å². The summed E-state index contributed by atoms with van der Waals surface area (Å²) in [6, 6.07) is 11.0. The molecular weight excluding hydrogens is 305 g/mol. The maximum Gasteiger partial charge on any atom is 0.295 e. The van der Waals surface area contributed by atoms with Crippen LogP contribution in [0, 0.1) is 5.82 Å². The van der Waals surface area contributed by atoms with E-state index in [-0.39, 0.29) is 11.4 Å². The zero-order chi connectivity index (χ0) is 15.3. The Morgan fingerprint density at radius 2 is 1.91 bits per heavy atom. The zero-order valence-corrected chi connectivity index (χ0v) is 11.9. The molecule has 4 aromatic rings. The van der Waals surface area contributed by atoms with E-state index in [0.29, 0.717) is 21.6 Å². The summed E-state index contributed by atoms with van der Waals surface area (Å²) >= 11 is 6.21. The lowest BCUT2D eigenvalue weighted by molar-refractivity contribution is 0.626. The summed E-state index contributed by atoms with van der Waals surface area (Å²) < 4.78 is 14.2. The molecule has 22 heavy (non-hydrogen) atoms. The van der Waals surface area contributed by atoms with E-state index in [1.54, 1.807) is 12.3 Å². The van der Waals surface area contributed by atoms with Gasteiger partial charge in [0.15, 0.2) is 0 Å². The van der Waals surface area contributed by atoms with Crippen molar-refractivity contribution in [1.29, 1.82) is 0 Å². The number of nitrogens with zero attached hydrogens (tertiary/aromatic N) is 2. The van der Waals surface area contributed by atoms with E-state index in [1.807, 2.05) is 12.1 Å². The minimum atomic E-state index is -0.365. The monoisotopic (exact) mass is 313 g/mol. The van der Waals surface area contributed by atoms with Crippen LogP contribution >= 0.6 is 11.6 Å². The molecule has 2 heterocycles. The Kier molecular flexibility index (Phi) is 2.77. The number of H-pyrrole nitrogens is 1. The maximum absolute atomic E-state index is 13.0. The van der Waals surface area contributed by atoms with Crippen molar-refractivity contribution in [1.82, 2.24) is 14.8 Å². The molecule has 0 saturated carbocycles. The molecule has 2 aromatic heterocycles. The number of fused-ring (bicyclic) bond motifs is 3. The quantitative estimate of drug-likeness (QED) is 0.583. The highest BCUT2D eigenvalue weighted by molar-refractivity contribution is 6.37. The molecule has 0 amide bonds. The Balaban J connectivity index is 2.06. The van der Waals surface area contributed by atoms with Gasteiger partial charge in [0.2, 0.25) is 0 Å². The average molecular weight is 314 g/mol. The molecule has 0 atom stereocenters. The first kappa shape index (κ1) is 13.0. The highest BCUT2D eigenvalue weighted by Gasteiger charge is 2.13. The van der Waals surface area contributed by atoms with Gasteiger partial charge in [-0.05, 0) is 36.4 Å². The number of hydrogen-bond acceptors (Lipinski definition) is 2. The minimum absolute atomic E-state index is 0.309. The average Bonchev–Trinajstić information content (AvgIpc) is 2.90. The summed E-state index contributed by atoms with van der Waals surface area (Å²) in [4.78, 5) is 15.7. The summed E-state index contributed by atoms with van der Waals surface area (Å²) in [5.74, 6) is -0.365. The van der Waals surface area contributed by atoms with E-state index in [2.05, 4.69) is 10.1 Å². The Morgan fingerprint density at radius 3 is 2.68 bits per heavy atom. The smallest absolute Gasteiger partial charge is 0.295 e. The molecule has 0 radical (unpaired) electrons. The Hall–Kier alpha value is -2.66. The summed E-state index contributed by atoms with van der Waals surface area (Å²) in [5, 5.41) is 6.18. The molecule has 0 aliphatic rings. The maximum atomic E-state index is 13.0. The fourth-order valence-electron chi connectivity index (χ4n) is 2.57. The van der Waals surface area contributed by atoms with Crippen LogP contribution in [0.2, 0.25) is 5.02 Å². The first-order chi connectivity index (χ1) is 10.6. The number of hydrogen-bond donors (Lipinski definition) is 1. The van der Waals surface area contributed by atoms with Crippen LogP contribution < -0.4 is 5.56 Å². The normalized spacial score (nSPS) is 11.4. The van der Waals surface area contributed by atoms with Gasteiger partial charge in [0.25, 0.3) is 5.56 Å². The SMILES string of the molecule is O=c1c2[nH]c3cccc(Cl)c3c2cnn1-c1ccc(F)cc1. The Bertz CT molecular complexity index is 1070. The second-order valence-corrected chi connectivity index (χ2v) is 5.32. The number of benzene rings is 2. The van der Waals surface area contributed by atoms with Gasteiger partial charge in [0.05, 0.1) is 16.9 Å². The van der Waals surface area contributed by atoms with Crippen LogP contribution in [0.25, 0.3) is 27.5 Å². The van der Waals surface area contributed by atoms with Crippen molar-refractivity contribution in [2.75, 3.05) is 0 Å². The molecule has 1 N–H and O–H groups in total. The van der Waals surface area contributed by atoms with Crippen molar-refractivity contribution in [3.8, 4) is 5.69 Å². The van der Waals surface area contributed by atoms with Crippen LogP contribution in [0.5, 0.6) is 0 Å². The van der Waals surface area contributed by atoms with Crippen LogP contribution in [-0.2, 0) is 0 Å². The molecule has 0 aliphatic carbocycles. The first-order valence-corrected chi connectivity index (χ1v) is 6.97. The van der Waals surface area contributed by atoms with Gasteiger partial charge in [0, 0.05) is 16.3 Å². The van der Waals surface area contributed by atoms with Crippen LogP contribution in [0.4, 0.5) is 4.39 Å². The van der Waals surface area contributed by atoms with E-state index in [9.17, 15) is 9.18 Å². The van der Waals surface area contributed by atoms with Gasteiger partial charge in [-0.25, -0.2) is 4.39 Å². The third-order valence-corrected chi connectivity index (χ3v) is 3.91. The van der Waals surface area contributed by atoms with Crippen LogP contribution in [0.1, 0.15) is 0 Å². The highest BCUT2D eigenvalue weighted by atomic mass is 35.5. The molecule has 0 fully saturated rings. The zero-order valence-electron chi connectivity index (χ0n) is 11.2. The van der Waals surface area contributed by atoms with Crippen LogP contribution in [0.15, 0.2) is 53.5 Å². The molecular formula is C16H9ClFN3O. The summed E-state index contributed by atoms with van der Waals surface area (Å²) in [7, 11) is 0. The third-order valence-electron chi connectivity index (χ3n) is 3.59. The van der Waals surface area contributed by atoms with Gasteiger partial charge < -0.3 is 4.98 Å². The summed E-state index contributed by atoms with van der Waals surface area (Å²) in [5.41, 5.74) is 1.38. The molecule has 108 valence electrons. The van der Waals surface area contributed by atoms with Crippen LogP contribution in [0.3, 0.4) is 0 Å². The van der Waals surface area contributed by atoms with Crippen molar-refractivity contribution < 1.29 is 4.39 Å². The lowest BCUT2D eigenvalue weighted by Gasteiger charge is -2.04. The van der Waals surface area contributed by atoms with Gasteiger partial charge in [-0.3, -0.25) is 4.79 Å². The molecule has 6 heteroatoms. The second kappa shape index (κ2) is 4.68. The van der Waals surface area contributed by atoms with E-state index in [4.69, 9.17) is 11.6 Å². The predicted octanol–water partition coefficient (Wildman–Crippen LogP) is 3.66. The number of halogens is 2. The van der Waals surface area contributed by atoms with Gasteiger partial charge in [0.1, 0.15) is 11.3 Å². The number of nitrogens with one attached hydrogen (secondary N) is 1. The van der Waals surface area contributed by atoms with E-state index in [0.717, 1.165) is 10.9 Å². The topological polar surface area (TPSA) is 50.7 Å². The summed E-state index contributed by atoms with van der Waals surface area (Å²) in [6.07, 6.45) is 1.59. The fraction of sp³-hybridized carbons (Fsp3) is 0. The minimum Gasteiger partial charge on any atom is -0.350 e. The molecule has 0 saturated heterocycles. The second-order valence-electron chi connectivity index (χ2n) is 4.91. The van der Waals surface area contributed by atoms with Crippen molar-refractivity contribution in [2.45, 2.75) is 0 Å². The molecule has 0 aliphatic heterocycles. The van der Waals surface area contributed by atoms with Crippen LogP contribution in [-0.4, -0.2) is 14.8 Å². The van der Waals surface area contributed by atoms with Crippen molar-refractivity contribution in [2.24, 2.45) is 0 Å². The Labute approximate surface area is 128 Å². The number of aromatic amines is 1. The van der Waals surface area contributed by atoms with E-state index >= 15 is 0 Å². The Morgan fingerprint density at radius 1 is 1.14 bits per heavy atom. The largest absolute Gasteiger partial charge is 0.350 e.